The number of nitrogens with zero attached hydrogens (tertiary/aromatic N) is 2. The molecule has 5 heteroatoms. The van der Waals surface area contributed by atoms with Crippen molar-refractivity contribution >= 4 is 17.4 Å². The van der Waals surface area contributed by atoms with E-state index >= 15 is 0 Å². The van der Waals surface area contributed by atoms with Crippen molar-refractivity contribution in [2.75, 3.05) is 18.6 Å². The predicted octanol–water partition coefficient (Wildman–Crippen LogP) is 4.49. The van der Waals surface area contributed by atoms with E-state index in [1.54, 1.807) is 19.4 Å². The molecule has 0 aliphatic heterocycles. The summed E-state index contributed by atoms with van der Waals surface area (Å²) in [5, 5.41) is 2.96. The molecule has 5 nitrogen and oxygen atoms in total. The molecule has 0 saturated carbocycles. The Kier molecular flexibility index (Phi) is 6.27. The van der Waals surface area contributed by atoms with Gasteiger partial charge in [0.05, 0.1) is 7.11 Å². The summed E-state index contributed by atoms with van der Waals surface area (Å²) in [6, 6.07) is 19.5. The summed E-state index contributed by atoms with van der Waals surface area (Å²) in [6.07, 6.45) is 1.68. The van der Waals surface area contributed by atoms with E-state index in [9.17, 15) is 4.79 Å². The molecule has 3 aromatic rings. The summed E-state index contributed by atoms with van der Waals surface area (Å²) in [7, 11) is 1.63. The quantitative estimate of drug-likeness (QED) is 0.661. The molecule has 0 bridgehead atoms. The van der Waals surface area contributed by atoms with E-state index in [0.717, 1.165) is 29.4 Å². The first kappa shape index (κ1) is 19.4. The highest BCUT2D eigenvalue weighted by atomic mass is 16.5. The van der Waals surface area contributed by atoms with Gasteiger partial charge in [0.25, 0.3) is 5.91 Å². The van der Waals surface area contributed by atoms with E-state index in [4.69, 9.17) is 4.74 Å². The molecule has 0 radical (unpaired) electrons. The van der Waals surface area contributed by atoms with Crippen LogP contribution in [0.15, 0.2) is 66.9 Å². The molecular formula is C23H25N3O2. The van der Waals surface area contributed by atoms with Gasteiger partial charge in [-0.1, -0.05) is 24.3 Å². The zero-order valence-corrected chi connectivity index (χ0v) is 16.5. The Morgan fingerprint density at radius 1 is 1.11 bits per heavy atom. The molecule has 28 heavy (non-hydrogen) atoms. The maximum Gasteiger partial charge on any atom is 0.251 e. The maximum absolute atomic E-state index is 12.6. The van der Waals surface area contributed by atoms with Gasteiger partial charge in [0.15, 0.2) is 0 Å². The van der Waals surface area contributed by atoms with Gasteiger partial charge in [0, 0.05) is 30.5 Å². The van der Waals surface area contributed by atoms with Crippen LogP contribution in [-0.4, -0.2) is 24.5 Å². The minimum atomic E-state index is -0.125. The number of ether oxygens (including phenoxy) is 1. The van der Waals surface area contributed by atoms with Crippen LogP contribution >= 0.6 is 0 Å². The highest BCUT2D eigenvalue weighted by molar-refractivity contribution is 5.95. The molecule has 144 valence electrons. The van der Waals surface area contributed by atoms with Crippen molar-refractivity contribution in [2.24, 2.45) is 0 Å². The highest BCUT2D eigenvalue weighted by Gasteiger charge is 2.12. The minimum absolute atomic E-state index is 0.125. The zero-order valence-electron chi connectivity index (χ0n) is 16.5. The monoisotopic (exact) mass is 375 g/mol. The average Bonchev–Trinajstić information content (AvgIpc) is 2.73. The molecule has 1 amide bonds. The van der Waals surface area contributed by atoms with Crippen LogP contribution in [0, 0.1) is 6.92 Å². The van der Waals surface area contributed by atoms with Crippen molar-refractivity contribution in [3.05, 3.63) is 83.6 Å². The van der Waals surface area contributed by atoms with Crippen LogP contribution in [0.4, 0.5) is 11.5 Å². The highest BCUT2D eigenvalue weighted by Crippen LogP contribution is 2.24. The summed E-state index contributed by atoms with van der Waals surface area (Å²) in [5.41, 5.74) is 3.85. The fraction of sp³-hybridized carbons (Fsp3) is 0.217. The van der Waals surface area contributed by atoms with Gasteiger partial charge in [-0.25, -0.2) is 4.98 Å². The van der Waals surface area contributed by atoms with Crippen LogP contribution in [0.2, 0.25) is 0 Å². The lowest BCUT2D eigenvalue weighted by atomic mass is 10.2. The number of hydrogen-bond acceptors (Lipinski definition) is 4. The van der Waals surface area contributed by atoms with Gasteiger partial charge in [-0.15, -0.1) is 0 Å². The Labute approximate surface area is 166 Å². The van der Waals surface area contributed by atoms with Crippen LogP contribution in [0.3, 0.4) is 0 Å². The molecule has 0 saturated heterocycles. The van der Waals surface area contributed by atoms with Gasteiger partial charge >= 0.3 is 0 Å². The van der Waals surface area contributed by atoms with Gasteiger partial charge in [-0.05, 0) is 61.4 Å². The summed E-state index contributed by atoms with van der Waals surface area (Å²) >= 11 is 0. The lowest BCUT2D eigenvalue weighted by molar-refractivity contribution is 0.0951. The van der Waals surface area contributed by atoms with Crippen LogP contribution in [0.5, 0.6) is 5.75 Å². The second-order valence-corrected chi connectivity index (χ2v) is 6.52. The van der Waals surface area contributed by atoms with E-state index < -0.39 is 0 Å². The Balaban J connectivity index is 1.73. The summed E-state index contributed by atoms with van der Waals surface area (Å²) in [4.78, 5) is 19.2. The first-order valence-electron chi connectivity index (χ1n) is 9.32. The van der Waals surface area contributed by atoms with Crippen molar-refractivity contribution in [1.29, 1.82) is 0 Å². The average molecular weight is 375 g/mol. The second kappa shape index (κ2) is 9.04. The molecule has 2 aromatic carbocycles. The van der Waals surface area contributed by atoms with Crippen molar-refractivity contribution in [2.45, 2.75) is 20.4 Å². The van der Waals surface area contributed by atoms with E-state index in [1.807, 2.05) is 36.4 Å². The fourth-order valence-corrected chi connectivity index (χ4v) is 3.01. The molecule has 1 heterocycles. The van der Waals surface area contributed by atoms with Gasteiger partial charge in [0.1, 0.15) is 11.6 Å². The third-order valence-electron chi connectivity index (χ3n) is 4.53. The van der Waals surface area contributed by atoms with E-state index in [0.29, 0.717) is 12.1 Å². The smallest absolute Gasteiger partial charge is 0.251 e. The summed E-state index contributed by atoms with van der Waals surface area (Å²) < 4.78 is 5.16. The third kappa shape index (κ3) is 4.68. The van der Waals surface area contributed by atoms with Crippen molar-refractivity contribution in [3.8, 4) is 5.75 Å². The molecular weight excluding hydrogens is 350 g/mol. The minimum Gasteiger partial charge on any atom is -0.497 e. The zero-order chi connectivity index (χ0) is 19.9. The Hall–Kier alpha value is -3.34. The number of carbonyl (C=O) groups excluding carboxylic acids is 1. The van der Waals surface area contributed by atoms with Crippen LogP contribution in [-0.2, 0) is 6.54 Å². The molecule has 0 aliphatic rings. The third-order valence-corrected chi connectivity index (χ3v) is 4.53. The number of rotatable bonds is 7. The topological polar surface area (TPSA) is 54.5 Å². The number of benzene rings is 2. The van der Waals surface area contributed by atoms with Gasteiger partial charge in [-0.3, -0.25) is 4.79 Å². The molecule has 0 fully saturated rings. The molecule has 0 aliphatic carbocycles. The number of carbonyl (C=O) groups is 1. The first-order valence-corrected chi connectivity index (χ1v) is 9.32. The number of methoxy groups -OCH3 is 1. The lowest BCUT2D eigenvalue weighted by Crippen LogP contribution is -2.24. The standard InChI is InChI=1S/C23H25N3O2/c1-4-26(20-7-5-6-17(2)14-20)22-15-19(12-13-24-22)23(27)25-16-18-8-10-21(28-3)11-9-18/h5-15H,4,16H2,1-3H3,(H,25,27). The van der Waals surface area contributed by atoms with Crippen LogP contribution < -0.4 is 15.0 Å². The molecule has 0 unspecified atom stereocenters. The Bertz CT molecular complexity index is 939. The number of nitrogens with one attached hydrogen (secondary N) is 1. The van der Waals surface area contributed by atoms with E-state index in [1.165, 1.54) is 5.56 Å². The maximum atomic E-state index is 12.6. The summed E-state index contributed by atoms with van der Waals surface area (Å²) in [5.74, 6) is 1.43. The molecule has 3 rings (SSSR count). The van der Waals surface area contributed by atoms with Gasteiger partial charge in [0.2, 0.25) is 0 Å². The van der Waals surface area contributed by atoms with Gasteiger partial charge in [-0.2, -0.15) is 0 Å². The number of hydrogen-bond donors (Lipinski definition) is 1. The van der Waals surface area contributed by atoms with Crippen molar-refractivity contribution < 1.29 is 9.53 Å². The van der Waals surface area contributed by atoms with E-state index in [2.05, 4.69) is 47.2 Å². The molecule has 0 atom stereocenters. The predicted molar refractivity (Wildman–Crippen MR) is 112 cm³/mol. The molecule has 0 spiro atoms. The number of amides is 1. The summed E-state index contributed by atoms with van der Waals surface area (Å²) in [6.45, 7) is 5.34. The SMILES string of the molecule is CCN(c1cccc(C)c1)c1cc(C(=O)NCc2ccc(OC)cc2)ccn1. The Morgan fingerprint density at radius 3 is 2.57 bits per heavy atom. The number of aromatic nitrogens is 1. The second-order valence-electron chi connectivity index (χ2n) is 6.52. The van der Waals surface area contributed by atoms with Gasteiger partial charge < -0.3 is 15.0 Å². The fourth-order valence-electron chi connectivity index (χ4n) is 3.01. The normalized spacial score (nSPS) is 10.4. The van der Waals surface area contributed by atoms with Crippen LogP contribution in [0.25, 0.3) is 0 Å². The first-order chi connectivity index (χ1) is 13.6. The molecule has 1 N–H and O–H groups in total. The van der Waals surface area contributed by atoms with Crippen molar-refractivity contribution in [1.82, 2.24) is 10.3 Å². The number of anilines is 2. The lowest BCUT2D eigenvalue weighted by Gasteiger charge is -2.23. The largest absolute Gasteiger partial charge is 0.497 e. The Morgan fingerprint density at radius 2 is 1.89 bits per heavy atom. The van der Waals surface area contributed by atoms with E-state index in [-0.39, 0.29) is 5.91 Å². The molecule has 1 aromatic heterocycles. The number of pyridine rings is 1. The van der Waals surface area contributed by atoms with Crippen LogP contribution in [0.1, 0.15) is 28.4 Å². The number of aryl methyl sites for hydroxylation is 1. The van der Waals surface area contributed by atoms with Crippen molar-refractivity contribution in [3.63, 3.8) is 0 Å².